The van der Waals surface area contributed by atoms with Crippen molar-refractivity contribution in [1.29, 1.82) is 0 Å². The van der Waals surface area contributed by atoms with E-state index in [1.807, 2.05) is 19.3 Å². The number of aryl methyl sites for hydroxylation is 2. The van der Waals surface area contributed by atoms with Crippen molar-refractivity contribution in [3.05, 3.63) is 41.2 Å². The number of rotatable bonds is 6. The summed E-state index contributed by atoms with van der Waals surface area (Å²) in [5, 5.41) is 14.2. The van der Waals surface area contributed by atoms with Gasteiger partial charge >= 0.3 is 0 Å². The molecule has 2 aromatic rings. The molecular formula is C17H23N5O. The van der Waals surface area contributed by atoms with Crippen LogP contribution in [-0.2, 0) is 30.6 Å². The summed E-state index contributed by atoms with van der Waals surface area (Å²) in [6.07, 6.45) is 6.09. The largest absolute Gasteiger partial charge is 0.324 e. The molecule has 0 bridgehead atoms. The fraction of sp³-hybridized carbons (Fsp3) is 0.471. The predicted molar refractivity (Wildman–Crippen MR) is 89.3 cm³/mol. The quantitative estimate of drug-likeness (QED) is 0.849. The van der Waals surface area contributed by atoms with E-state index in [1.54, 1.807) is 4.68 Å². The van der Waals surface area contributed by atoms with Crippen LogP contribution < -0.4 is 10.6 Å². The first-order chi connectivity index (χ1) is 11.1. The number of nitrogens with one attached hydrogen (secondary N) is 2. The Balaban J connectivity index is 1.57. The maximum atomic E-state index is 12.2. The lowest BCUT2D eigenvalue weighted by Gasteiger charge is -2.07. The van der Waals surface area contributed by atoms with Gasteiger partial charge in [-0.25, -0.2) is 4.68 Å². The zero-order chi connectivity index (χ0) is 16.2. The van der Waals surface area contributed by atoms with Gasteiger partial charge in [0.2, 0.25) is 5.91 Å². The van der Waals surface area contributed by atoms with E-state index in [4.69, 9.17) is 0 Å². The van der Waals surface area contributed by atoms with Gasteiger partial charge in [0.1, 0.15) is 6.54 Å². The van der Waals surface area contributed by atoms with Crippen LogP contribution in [0.1, 0.15) is 30.2 Å². The van der Waals surface area contributed by atoms with Crippen LogP contribution in [0, 0.1) is 0 Å². The van der Waals surface area contributed by atoms with Crippen molar-refractivity contribution in [2.75, 3.05) is 12.4 Å². The van der Waals surface area contributed by atoms with Crippen LogP contribution in [0.2, 0.25) is 0 Å². The van der Waals surface area contributed by atoms with Crippen molar-refractivity contribution in [2.24, 2.45) is 0 Å². The molecule has 122 valence electrons. The molecule has 2 N–H and O–H groups in total. The van der Waals surface area contributed by atoms with Crippen LogP contribution >= 0.6 is 0 Å². The molecule has 3 rings (SSSR count). The van der Waals surface area contributed by atoms with Gasteiger partial charge in [-0.05, 0) is 56.5 Å². The monoisotopic (exact) mass is 313 g/mol. The summed E-state index contributed by atoms with van der Waals surface area (Å²) in [6, 6.07) is 6.51. The number of hydrogen-bond acceptors (Lipinski definition) is 4. The summed E-state index contributed by atoms with van der Waals surface area (Å²) in [7, 11) is 1.92. The predicted octanol–water partition coefficient (Wildman–Crippen LogP) is 1.56. The Morgan fingerprint density at radius 1 is 1.35 bits per heavy atom. The smallest absolute Gasteiger partial charge is 0.246 e. The molecule has 1 unspecified atom stereocenters. The molecule has 1 aliphatic carbocycles. The SMILES string of the molecule is CNC(C)Cc1cn(CC(=O)Nc2ccc3c(c2)CCC3)nn1. The van der Waals surface area contributed by atoms with Crippen LogP contribution in [0.4, 0.5) is 5.69 Å². The summed E-state index contributed by atoms with van der Waals surface area (Å²) < 4.78 is 1.58. The van der Waals surface area contributed by atoms with Gasteiger partial charge < -0.3 is 10.6 Å². The number of aromatic nitrogens is 3. The summed E-state index contributed by atoms with van der Waals surface area (Å²) in [5.41, 5.74) is 4.51. The second-order valence-corrected chi connectivity index (χ2v) is 6.19. The van der Waals surface area contributed by atoms with E-state index >= 15 is 0 Å². The number of carbonyl (C=O) groups excluding carboxylic acids is 1. The van der Waals surface area contributed by atoms with E-state index in [0.717, 1.165) is 30.6 Å². The number of nitrogens with zero attached hydrogens (tertiary/aromatic N) is 3. The molecule has 6 heteroatoms. The average Bonchev–Trinajstić information content (AvgIpc) is 3.15. The fourth-order valence-electron chi connectivity index (χ4n) is 2.92. The van der Waals surface area contributed by atoms with Gasteiger partial charge in [0.05, 0.1) is 5.69 Å². The summed E-state index contributed by atoms with van der Waals surface area (Å²) in [5.74, 6) is -0.0824. The lowest BCUT2D eigenvalue weighted by molar-refractivity contribution is -0.116. The van der Waals surface area contributed by atoms with Crippen LogP contribution in [0.15, 0.2) is 24.4 Å². The molecule has 0 fully saturated rings. The average molecular weight is 313 g/mol. The van der Waals surface area contributed by atoms with Crippen LogP contribution in [0.25, 0.3) is 0 Å². The third kappa shape index (κ3) is 3.96. The number of amides is 1. The van der Waals surface area contributed by atoms with Gasteiger partial charge in [-0.3, -0.25) is 4.79 Å². The standard InChI is InChI=1S/C17H23N5O/c1-12(18-2)8-16-10-22(21-20-16)11-17(23)19-15-7-6-13-4-3-5-14(13)9-15/h6-7,9-10,12,18H,3-5,8,11H2,1-2H3,(H,19,23). The molecule has 1 atom stereocenters. The highest BCUT2D eigenvalue weighted by atomic mass is 16.2. The molecule has 0 spiro atoms. The molecule has 0 saturated carbocycles. The fourth-order valence-corrected chi connectivity index (χ4v) is 2.92. The molecule has 0 saturated heterocycles. The van der Waals surface area contributed by atoms with E-state index in [0.29, 0.717) is 6.04 Å². The lowest BCUT2D eigenvalue weighted by atomic mass is 10.1. The molecule has 1 aromatic carbocycles. The Morgan fingerprint density at radius 3 is 3.00 bits per heavy atom. The lowest BCUT2D eigenvalue weighted by Crippen LogP contribution is -2.23. The second-order valence-electron chi connectivity index (χ2n) is 6.19. The first-order valence-electron chi connectivity index (χ1n) is 8.12. The molecule has 1 aliphatic rings. The minimum Gasteiger partial charge on any atom is -0.324 e. The van der Waals surface area contributed by atoms with Gasteiger partial charge in [-0.15, -0.1) is 5.10 Å². The van der Waals surface area contributed by atoms with Crippen molar-refractivity contribution in [3.63, 3.8) is 0 Å². The highest BCUT2D eigenvalue weighted by molar-refractivity contribution is 5.90. The zero-order valence-corrected chi connectivity index (χ0v) is 13.7. The molecule has 23 heavy (non-hydrogen) atoms. The number of fused-ring (bicyclic) bond motifs is 1. The van der Waals surface area contributed by atoms with E-state index < -0.39 is 0 Å². The first kappa shape index (κ1) is 15.7. The summed E-state index contributed by atoms with van der Waals surface area (Å²) in [4.78, 5) is 12.2. The van der Waals surface area contributed by atoms with Gasteiger partial charge in [0.25, 0.3) is 0 Å². The second kappa shape index (κ2) is 6.91. The Kier molecular flexibility index (Phi) is 4.71. The summed E-state index contributed by atoms with van der Waals surface area (Å²) in [6.45, 7) is 2.26. The van der Waals surface area contributed by atoms with Crippen molar-refractivity contribution in [3.8, 4) is 0 Å². The Bertz CT molecular complexity index is 694. The highest BCUT2D eigenvalue weighted by Gasteiger charge is 2.12. The minimum absolute atomic E-state index is 0.0824. The van der Waals surface area contributed by atoms with Gasteiger partial charge in [-0.2, -0.15) is 0 Å². The van der Waals surface area contributed by atoms with Gasteiger partial charge in [-0.1, -0.05) is 11.3 Å². The highest BCUT2D eigenvalue weighted by Crippen LogP contribution is 2.24. The molecule has 0 aliphatic heterocycles. The van der Waals surface area contributed by atoms with E-state index in [-0.39, 0.29) is 12.5 Å². The molecule has 0 radical (unpaired) electrons. The van der Waals surface area contributed by atoms with Crippen molar-refractivity contribution in [1.82, 2.24) is 20.3 Å². The van der Waals surface area contributed by atoms with Crippen LogP contribution in [0.5, 0.6) is 0 Å². The minimum atomic E-state index is -0.0824. The third-order valence-corrected chi connectivity index (χ3v) is 4.28. The van der Waals surface area contributed by atoms with Crippen LogP contribution in [0.3, 0.4) is 0 Å². The van der Waals surface area contributed by atoms with Crippen molar-refractivity contribution >= 4 is 11.6 Å². The maximum absolute atomic E-state index is 12.2. The number of hydrogen-bond donors (Lipinski definition) is 2. The van der Waals surface area contributed by atoms with E-state index in [1.165, 1.54) is 17.5 Å². The normalized spacial score (nSPS) is 14.5. The van der Waals surface area contributed by atoms with E-state index in [9.17, 15) is 4.79 Å². The van der Waals surface area contributed by atoms with Crippen LogP contribution in [-0.4, -0.2) is 34.0 Å². The Morgan fingerprint density at radius 2 is 2.17 bits per heavy atom. The number of anilines is 1. The van der Waals surface area contributed by atoms with Gasteiger partial charge in [0, 0.05) is 24.3 Å². The number of likely N-dealkylation sites (N-methyl/N-ethyl adjacent to an activating group) is 1. The zero-order valence-electron chi connectivity index (χ0n) is 13.7. The third-order valence-electron chi connectivity index (χ3n) is 4.28. The Hall–Kier alpha value is -2.21. The van der Waals surface area contributed by atoms with E-state index in [2.05, 4.69) is 40.0 Å². The van der Waals surface area contributed by atoms with Gasteiger partial charge in [0.15, 0.2) is 0 Å². The first-order valence-corrected chi connectivity index (χ1v) is 8.12. The Labute approximate surface area is 136 Å². The maximum Gasteiger partial charge on any atom is 0.246 e. The molecule has 1 amide bonds. The molecule has 6 nitrogen and oxygen atoms in total. The number of carbonyl (C=O) groups is 1. The molecule has 1 heterocycles. The topological polar surface area (TPSA) is 71.8 Å². The van der Waals surface area contributed by atoms with Crippen molar-refractivity contribution < 1.29 is 4.79 Å². The molecule has 1 aromatic heterocycles. The summed E-state index contributed by atoms with van der Waals surface area (Å²) >= 11 is 0. The molecular weight excluding hydrogens is 290 g/mol. The number of benzene rings is 1. The van der Waals surface area contributed by atoms with Crippen molar-refractivity contribution in [2.45, 2.75) is 45.2 Å².